The predicted molar refractivity (Wildman–Crippen MR) is 130 cm³/mol. The normalized spacial score (nSPS) is 17.6. The summed E-state index contributed by atoms with van der Waals surface area (Å²) in [7, 11) is 0. The van der Waals surface area contributed by atoms with Gasteiger partial charge in [0.05, 0.1) is 5.56 Å². The van der Waals surface area contributed by atoms with Crippen molar-refractivity contribution in [1.82, 2.24) is 9.88 Å². The van der Waals surface area contributed by atoms with Crippen molar-refractivity contribution >= 4 is 29.1 Å². The van der Waals surface area contributed by atoms with Crippen molar-refractivity contribution in [2.75, 3.05) is 5.32 Å². The quantitative estimate of drug-likeness (QED) is 0.490. The maximum Gasteiger partial charge on any atom is 0.257 e. The van der Waals surface area contributed by atoms with Gasteiger partial charge < -0.3 is 16.0 Å². The number of amides is 2. The average Bonchev–Trinajstić information content (AvgIpc) is 2.84. The van der Waals surface area contributed by atoms with Gasteiger partial charge in [-0.2, -0.15) is 0 Å². The van der Waals surface area contributed by atoms with Crippen LogP contribution in [0.25, 0.3) is 0 Å². The average molecular weight is 499 g/mol. The maximum absolute atomic E-state index is 13.9. The molecule has 182 valence electrons. The fourth-order valence-corrected chi connectivity index (χ4v) is 4.46. The van der Waals surface area contributed by atoms with Gasteiger partial charge in [-0.25, -0.2) is 8.78 Å². The lowest BCUT2D eigenvalue weighted by Gasteiger charge is -2.36. The van der Waals surface area contributed by atoms with Gasteiger partial charge in [0.25, 0.3) is 11.8 Å². The molecule has 35 heavy (non-hydrogen) atoms. The molecule has 0 atom stereocenters. The van der Waals surface area contributed by atoms with Crippen molar-refractivity contribution in [3.8, 4) is 0 Å². The first-order valence-corrected chi connectivity index (χ1v) is 11.7. The third kappa shape index (κ3) is 6.21. The molecule has 1 aliphatic carbocycles. The standard InChI is InChI=1S/C26H25ClF2N4O2/c27-24-8-5-22(32-25(34)16-2-1-9-31-14-16)12-18(24)15-33(23-6-3-21(30)4-7-23)26(35)17-10-19(28)13-20(29)11-17/h1-2,5,8-14,21,23H,3-4,6-7,15,30H2,(H,32,34). The number of nitrogens with zero attached hydrogens (tertiary/aromatic N) is 2. The Balaban J connectivity index is 1.61. The highest BCUT2D eigenvalue weighted by Crippen LogP contribution is 2.29. The fourth-order valence-electron chi connectivity index (χ4n) is 4.28. The van der Waals surface area contributed by atoms with Crippen LogP contribution in [-0.4, -0.2) is 33.8 Å². The molecule has 1 aromatic heterocycles. The van der Waals surface area contributed by atoms with E-state index in [1.54, 1.807) is 41.4 Å². The van der Waals surface area contributed by atoms with Crippen molar-refractivity contribution in [2.24, 2.45) is 5.73 Å². The molecule has 1 aliphatic rings. The first-order valence-electron chi connectivity index (χ1n) is 11.3. The van der Waals surface area contributed by atoms with E-state index in [1.165, 1.54) is 6.20 Å². The molecule has 2 aromatic carbocycles. The van der Waals surface area contributed by atoms with Crippen LogP contribution in [0.5, 0.6) is 0 Å². The molecule has 0 bridgehead atoms. The number of pyridine rings is 1. The van der Waals surface area contributed by atoms with Crippen LogP contribution in [0.2, 0.25) is 5.02 Å². The number of hydrogen-bond donors (Lipinski definition) is 2. The van der Waals surface area contributed by atoms with Crippen molar-refractivity contribution in [3.05, 3.63) is 94.3 Å². The number of hydrogen-bond acceptors (Lipinski definition) is 4. The molecule has 3 aromatic rings. The van der Waals surface area contributed by atoms with Gasteiger partial charge in [0, 0.05) is 53.4 Å². The lowest BCUT2D eigenvalue weighted by molar-refractivity contribution is 0.0605. The van der Waals surface area contributed by atoms with Crippen LogP contribution in [0.4, 0.5) is 14.5 Å². The summed E-state index contributed by atoms with van der Waals surface area (Å²) in [5.41, 5.74) is 7.45. The van der Waals surface area contributed by atoms with Crippen molar-refractivity contribution < 1.29 is 18.4 Å². The molecule has 1 heterocycles. The summed E-state index contributed by atoms with van der Waals surface area (Å²) < 4.78 is 27.7. The number of nitrogens with one attached hydrogen (secondary N) is 1. The number of aromatic nitrogens is 1. The zero-order valence-electron chi connectivity index (χ0n) is 18.9. The van der Waals surface area contributed by atoms with E-state index < -0.39 is 17.5 Å². The van der Waals surface area contributed by atoms with Gasteiger partial charge in [-0.15, -0.1) is 0 Å². The van der Waals surface area contributed by atoms with E-state index in [9.17, 15) is 18.4 Å². The highest BCUT2D eigenvalue weighted by molar-refractivity contribution is 6.31. The summed E-state index contributed by atoms with van der Waals surface area (Å²) in [5, 5.41) is 3.21. The first kappa shape index (κ1) is 24.8. The van der Waals surface area contributed by atoms with E-state index >= 15 is 0 Å². The van der Waals surface area contributed by atoms with Gasteiger partial charge >= 0.3 is 0 Å². The summed E-state index contributed by atoms with van der Waals surface area (Å²) in [4.78, 5) is 31.5. The lowest BCUT2D eigenvalue weighted by atomic mass is 9.90. The molecule has 4 rings (SSSR count). The summed E-state index contributed by atoms with van der Waals surface area (Å²) >= 11 is 6.46. The summed E-state index contributed by atoms with van der Waals surface area (Å²) in [6.07, 6.45) is 5.84. The Labute approximate surface area is 207 Å². The minimum atomic E-state index is -0.822. The SMILES string of the molecule is NC1CCC(N(Cc2cc(NC(=O)c3cccnc3)ccc2Cl)C(=O)c2cc(F)cc(F)c2)CC1. The molecule has 0 unspecified atom stereocenters. The molecular weight excluding hydrogens is 474 g/mol. The van der Waals surface area contributed by atoms with Gasteiger partial charge in [-0.05, 0) is 73.7 Å². The van der Waals surface area contributed by atoms with Crippen molar-refractivity contribution in [2.45, 2.75) is 44.3 Å². The van der Waals surface area contributed by atoms with Gasteiger partial charge in [0.2, 0.25) is 0 Å². The van der Waals surface area contributed by atoms with E-state index in [0.29, 0.717) is 34.7 Å². The second-order valence-electron chi connectivity index (χ2n) is 8.66. The predicted octanol–water partition coefficient (Wildman–Crippen LogP) is 5.18. The Morgan fingerprint density at radius 3 is 2.40 bits per heavy atom. The summed E-state index contributed by atoms with van der Waals surface area (Å²) in [6.45, 7) is 0.103. The minimum Gasteiger partial charge on any atom is -0.331 e. The largest absolute Gasteiger partial charge is 0.331 e. The zero-order chi connectivity index (χ0) is 24.9. The Kier molecular flexibility index (Phi) is 7.73. The van der Waals surface area contributed by atoms with Crippen molar-refractivity contribution in [1.29, 1.82) is 0 Å². The molecule has 9 heteroatoms. The zero-order valence-corrected chi connectivity index (χ0v) is 19.6. The molecular formula is C26H25ClF2N4O2. The van der Waals surface area contributed by atoms with E-state index in [0.717, 1.165) is 31.0 Å². The number of carbonyl (C=O) groups is 2. The van der Waals surface area contributed by atoms with E-state index in [1.807, 2.05) is 0 Å². The lowest BCUT2D eigenvalue weighted by Crippen LogP contribution is -2.44. The number of benzene rings is 2. The number of carbonyl (C=O) groups excluding carboxylic acids is 2. The van der Waals surface area contributed by atoms with Crippen LogP contribution < -0.4 is 11.1 Å². The van der Waals surface area contributed by atoms with Gasteiger partial charge in [0.1, 0.15) is 11.6 Å². The van der Waals surface area contributed by atoms with Crippen LogP contribution in [0.15, 0.2) is 60.9 Å². The van der Waals surface area contributed by atoms with Crippen LogP contribution >= 0.6 is 11.6 Å². The second kappa shape index (κ2) is 10.9. The molecule has 0 spiro atoms. The Hall–Kier alpha value is -3.36. The Morgan fingerprint density at radius 2 is 1.74 bits per heavy atom. The first-order chi connectivity index (χ1) is 16.8. The number of rotatable bonds is 6. The molecule has 1 fully saturated rings. The monoisotopic (exact) mass is 498 g/mol. The molecule has 0 aliphatic heterocycles. The smallest absolute Gasteiger partial charge is 0.257 e. The molecule has 0 radical (unpaired) electrons. The molecule has 1 saturated carbocycles. The molecule has 6 nitrogen and oxygen atoms in total. The highest BCUT2D eigenvalue weighted by atomic mass is 35.5. The number of anilines is 1. The molecule has 3 N–H and O–H groups in total. The fraction of sp³-hybridized carbons (Fsp3) is 0.269. The third-order valence-corrected chi connectivity index (χ3v) is 6.49. The molecule has 0 saturated heterocycles. The van der Waals surface area contributed by atoms with Gasteiger partial charge in [-0.1, -0.05) is 11.6 Å². The van der Waals surface area contributed by atoms with E-state index in [-0.39, 0.29) is 30.1 Å². The second-order valence-corrected chi connectivity index (χ2v) is 9.07. The topological polar surface area (TPSA) is 88.3 Å². The van der Waals surface area contributed by atoms with Gasteiger partial charge in [0.15, 0.2) is 0 Å². The highest BCUT2D eigenvalue weighted by Gasteiger charge is 2.29. The number of halogens is 3. The van der Waals surface area contributed by atoms with Gasteiger partial charge in [-0.3, -0.25) is 14.6 Å². The maximum atomic E-state index is 13.9. The van der Waals surface area contributed by atoms with Crippen LogP contribution in [0, 0.1) is 11.6 Å². The Bertz CT molecular complexity index is 1200. The van der Waals surface area contributed by atoms with Crippen LogP contribution in [0.1, 0.15) is 52.0 Å². The van der Waals surface area contributed by atoms with Crippen LogP contribution in [0.3, 0.4) is 0 Å². The summed E-state index contributed by atoms with van der Waals surface area (Å²) in [6, 6.07) is 11.0. The Morgan fingerprint density at radius 1 is 1.03 bits per heavy atom. The van der Waals surface area contributed by atoms with E-state index in [2.05, 4.69) is 10.3 Å². The number of nitrogens with two attached hydrogens (primary N) is 1. The van der Waals surface area contributed by atoms with Crippen molar-refractivity contribution in [3.63, 3.8) is 0 Å². The minimum absolute atomic E-state index is 0.0596. The van der Waals surface area contributed by atoms with E-state index in [4.69, 9.17) is 17.3 Å². The molecule has 2 amide bonds. The van der Waals surface area contributed by atoms with Crippen LogP contribution in [-0.2, 0) is 6.54 Å². The summed E-state index contributed by atoms with van der Waals surface area (Å²) in [5.74, 6) is -2.48. The third-order valence-electron chi connectivity index (χ3n) is 6.12.